The fourth-order valence-corrected chi connectivity index (χ4v) is 2.24. The second-order valence-electron chi connectivity index (χ2n) is 4.17. The number of nitrogens with one attached hydrogen (secondary N) is 1. The Morgan fingerprint density at radius 1 is 1.44 bits per heavy atom. The maximum absolute atomic E-state index is 6.11. The third-order valence-electron chi connectivity index (χ3n) is 2.81. The van der Waals surface area contributed by atoms with Crippen LogP contribution in [0.25, 0.3) is 0 Å². The van der Waals surface area contributed by atoms with Crippen molar-refractivity contribution >= 4 is 28.9 Å². The minimum Gasteiger partial charge on any atom is -0.383 e. The normalized spacial score (nSPS) is 17.2. The van der Waals surface area contributed by atoms with Crippen molar-refractivity contribution in [1.82, 2.24) is 0 Å². The largest absolute Gasteiger partial charge is 0.383 e. The van der Waals surface area contributed by atoms with Gasteiger partial charge in [-0.15, -0.1) is 0 Å². The number of anilines is 1. The first kappa shape index (κ1) is 12.0. The minimum atomic E-state index is 0.351. The first-order valence-corrected chi connectivity index (χ1v) is 6.17. The SMILES string of the molecule is COCC(Nc1ccc(Cl)cc1Cl)C1CC1. The number of ether oxygens (including phenoxy) is 1. The summed E-state index contributed by atoms with van der Waals surface area (Å²) in [6, 6.07) is 5.86. The Morgan fingerprint density at radius 3 is 2.75 bits per heavy atom. The molecule has 0 aliphatic heterocycles. The molecule has 88 valence electrons. The summed E-state index contributed by atoms with van der Waals surface area (Å²) < 4.78 is 5.21. The molecule has 16 heavy (non-hydrogen) atoms. The number of benzene rings is 1. The molecule has 4 heteroatoms. The van der Waals surface area contributed by atoms with Crippen LogP contribution >= 0.6 is 23.2 Å². The van der Waals surface area contributed by atoms with Gasteiger partial charge in [0.1, 0.15) is 0 Å². The van der Waals surface area contributed by atoms with Gasteiger partial charge in [-0.3, -0.25) is 0 Å². The number of hydrogen-bond acceptors (Lipinski definition) is 2. The molecule has 1 saturated carbocycles. The van der Waals surface area contributed by atoms with Crippen LogP contribution in [0.15, 0.2) is 18.2 Å². The predicted octanol–water partition coefficient (Wildman–Crippen LogP) is 3.83. The topological polar surface area (TPSA) is 21.3 Å². The van der Waals surface area contributed by atoms with Gasteiger partial charge >= 0.3 is 0 Å². The zero-order valence-electron chi connectivity index (χ0n) is 9.17. The van der Waals surface area contributed by atoms with E-state index in [1.165, 1.54) is 12.8 Å². The Bertz CT molecular complexity index is 366. The summed E-state index contributed by atoms with van der Waals surface area (Å²) in [4.78, 5) is 0. The van der Waals surface area contributed by atoms with E-state index in [2.05, 4.69) is 5.32 Å². The van der Waals surface area contributed by atoms with Crippen molar-refractivity contribution in [3.8, 4) is 0 Å². The van der Waals surface area contributed by atoms with Gasteiger partial charge in [0.25, 0.3) is 0 Å². The average molecular weight is 260 g/mol. The summed E-state index contributed by atoms with van der Waals surface area (Å²) in [5, 5.41) is 4.74. The molecule has 0 radical (unpaired) electrons. The Kier molecular flexibility index (Phi) is 3.95. The van der Waals surface area contributed by atoms with Crippen LogP contribution in [0.5, 0.6) is 0 Å². The van der Waals surface area contributed by atoms with Crippen molar-refractivity contribution < 1.29 is 4.74 Å². The number of rotatable bonds is 5. The van der Waals surface area contributed by atoms with E-state index in [1.807, 2.05) is 12.1 Å². The lowest BCUT2D eigenvalue weighted by Crippen LogP contribution is -2.27. The number of methoxy groups -OCH3 is 1. The van der Waals surface area contributed by atoms with Gasteiger partial charge in [0.2, 0.25) is 0 Å². The molecule has 0 amide bonds. The standard InChI is InChI=1S/C12H15Cl2NO/c1-16-7-12(8-2-3-8)15-11-5-4-9(13)6-10(11)14/h4-6,8,12,15H,2-3,7H2,1H3. The summed E-state index contributed by atoms with van der Waals surface area (Å²) >= 11 is 12.0. The van der Waals surface area contributed by atoms with Gasteiger partial charge in [-0.1, -0.05) is 23.2 Å². The molecule has 0 aromatic heterocycles. The van der Waals surface area contributed by atoms with Crippen LogP contribution in [0.4, 0.5) is 5.69 Å². The third-order valence-corrected chi connectivity index (χ3v) is 3.36. The Morgan fingerprint density at radius 2 is 2.19 bits per heavy atom. The van der Waals surface area contributed by atoms with Crippen LogP contribution in [0.3, 0.4) is 0 Å². The molecular formula is C12H15Cl2NO. The van der Waals surface area contributed by atoms with Crippen molar-refractivity contribution in [2.24, 2.45) is 5.92 Å². The van der Waals surface area contributed by atoms with E-state index < -0.39 is 0 Å². The molecule has 2 rings (SSSR count). The van der Waals surface area contributed by atoms with Crippen LogP contribution in [-0.2, 0) is 4.74 Å². The molecule has 0 spiro atoms. The van der Waals surface area contributed by atoms with Crippen molar-refractivity contribution in [3.63, 3.8) is 0 Å². The van der Waals surface area contributed by atoms with Gasteiger partial charge in [-0.25, -0.2) is 0 Å². The van der Waals surface area contributed by atoms with Crippen molar-refractivity contribution in [2.75, 3.05) is 19.0 Å². The number of halogens is 2. The summed E-state index contributed by atoms with van der Waals surface area (Å²) in [5.74, 6) is 0.715. The van der Waals surface area contributed by atoms with Crippen LogP contribution < -0.4 is 5.32 Å². The molecule has 0 heterocycles. The summed E-state index contributed by atoms with van der Waals surface area (Å²) in [6.07, 6.45) is 2.54. The van der Waals surface area contributed by atoms with Crippen molar-refractivity contribution in [1.29, 1.82) is 0 Å². The smallest absolute Gasteiger partial charge is 0.0666 e. The van der Waals surface area contributed by atoms with E-state index in [-0.39, 0.29) is 0 Å². The Balaban J connectivity index is 2.05. The molecular weight excluding hydrogens is 245 g/mol. The van der Waals surface area contributed by atoms with Crippen LogP contribution in [-0.4, -0.2) is 19.8 Å². The highest BCUT2D eigenvalue weighted by Crippen LogP contribution is 2.36. The van der Waals surface area contributed by atoms with Crippen LogP contribution in [0, 0.1) is 5.92 Å². The van der Waals surface area contributed by atoms with Gasteiger partial charge in [0.05, 0.1) is 23.4 Å². The Labute approximate surface area is 106 Å². The lowest BCUT2D eigenvalue weighted by molar-refractivity contribution is 0.179. The number of hydrogen-bond donors (Lipinski definition) is 1. The maximum atomic E-state index is 6.11. The van der Waals surface area contributed by atoms with Crippen LogP contribution in [0.1, 0.15) is 12.8 Å². The quantitative estimate of drug-likeness (QED) is 0.868. The van der Waals surface area contributed by atoms with E-state index >= 15 is 0 Å². The fourth-order valence-electron chi connectivity index (χ4n) is 1.78. The third kappa shape index (κ3) is 3.03. The van der Waals surface area contributed by atoms with Gasteiger partial charge in [0, 0.05) is 12.1 Å². The zero-order valence-corrected chi connectivity index (χ0v) is 10.7. The summed E-state index contributed by atoms with van der Waals surface area (Å²) in [6.45, 7) is 0.712. The molecule has 1 N–H and O–H groups in total. The molecule has 1 fully saturated rings. The average Bonchev–Trinajstić information content (AvgIpc) is 3.04. The van der Waals surface area contributed by atoms with Gasteiger partial charge in [-0.2, -0.15) is 0 Å². The van der Waals surface area contributed by atoms with E-state index in [9.17, 15) is 0 Å². The predicted molar refractivity (Wildman–Crippen MR) is 68.5 cm³/mol. The lowest BCUT2D eigenvalue weighted by Gasteiger charge is -2.19. The molecule has 1 aliphatic carbocycles. The van der Waals surface area contributed by atoms with E-state index in [4.69, 9.17) is 27.9 Å². The molecule has 1 unspecified atom stereocenters. The zero-order chi connectivity index (χ0) is 11.5. The van der Waals surface area contributed by atoms with Gasteiger partial charge in [0.15, 0.2) is 0 Å². The highest BCUT2D eigenvalue weighted by molar-refractivity contribution is 6.36. The summed E-state index contributed by atoms with van der Waals surface area (Å²) in [7, 11) is 1.72. The second kappa shape index (κ2) is 5.26. The van der Waals surface area contributed by atoms with E-state index in [0.717, 1.165) is 5.69 Å². The maximum Gasteiger partial charge on any atom is 0.0666 e. The van der Waals surface area contributed by atoms with Gasteiger partial charge in [-0.05, 0) is 37.0 Å². The fraction of sp³-hybridized carbons (Fsp3) is 0.500. The van der Waals surface area contributed by atoms with Crippen molar-refractivity contribution in [3.05, 3.63) is 28.2 Å². The van der Waals surface area contributed by atoms with Crippen molar-refractivity contribution in [2.45, 2.75) is 18.9 Å². The first-order valence-electron chi connectivity index (χ1n) is 5.41. The van der Waals surface area contributed by atoms with Crippen LogP contribution in [0.2, 0.25) is 10.0 Å². The second-order valence-corrected chi connectivity index (χ2v) is 5.01. The Hall–Kier alpha value is -0.440. The monoisotopic (exact) mass is 259 g/mol. The molecule has 1 aliphatic rings. The van der Waals surface area contributed by atoms with Gasteiger partial charge < -0.3 is 10.1 Å². The van der Waals surface area contributed by atoms with E-state index in [1.54, 1.807) is 13.2 Å². The lowest BCUT2D eigenvalue weighted by atomic mass is 10.2. The highest BCUT2D eigenvalue weighted by atomic mass is 35.5. The molecule has 0 bridgehead atoms. The molecule has 1 aromatic carbocycles. The summed E-state index contributed by atoms with van der Waals surface area (Å²) in [5.41, 5.74) is 0.931. The van der Waals surface area contributed by atoms with E-state index in [0.29, 0.717) is 28.6 Å². The molecule has 2 nitrogen and oxygen atoms in total. The molecule has 1 atom stereocenters. The molecule has 1 aromatic rings. The molecule has 0 saturated heterocycles. The first-order chi connectivity index (χ1) is 7.70. The highest BCUT2D eigenvalue weighted by Gasteiger charge is 2.31. The minimum absolute atomic E-state index is 0.351.